The van der Waals surface area contributed by atoms with E-state index in [1.165, 1.54) is 10.4 Å². The summed E-state index contributed by atoms with van der Waals surface area (Å²) in [5, 5.41) is 5.33. The van der Waals surface area contributed by atoms with Crippen LogP contribution in [-0.4, -0.2) is 18.1 Å². The molecule has 0 aromatic carbocycles. The number of oxazole rings is 1. The van der Waals surface area contributed by atoms with Gasteiger partial charge in [0.25, 0.3) is 0 Å². The Morgan fingerprint density at radius 3 is 3.06 bits per heavy atom. The number of hydrogen-bond acceptors (Lipinski definition) is 4. The van der Waals surface area contributed by atoms with Crippen LogP contribution in [0.5, 0.6) is 0 Å². The SMILES string of the molecule is CCNCCc1ncc(-c2sccc2C)o1. The van der Waals surface area contributed by atoms with Crippen LogP contribution in [0.4, 0.5) is 0 Å². The van der Waals surface area contributed by atoms with Crippen molar-refractivity contribution in [3.8, 4) is 10.6 Å². The Balaban J connectivity index is 2.05. The van der Waals surface area contributed by atoms with Crippen molar-refractivity contribution in [1.29, 1.82) is 0 Å². The third-order valence-corrected chi connectivity index (χ3v) is 3.44. The first-order valence-electron chi connectivity index (χ1n) is 5.51. The molecule has 2 aromatic rings. The maximum Gasteiger partial charge on any atom is 0.196 e. The smallest absolute Gasteiger partial charge is 0.196 e. The summed E-state index contributed by atoms with van der Waals surface area (Å²) in [5.41, 5.74) is 1.25. The Labute approximate surface area is 99.5 Å². The maximum atomic E-state index is 5.71. The van der Waals surface area contributed by atoms with Crippen LogP contribution in [0.1, 0.15) is 18.4 Å². The fraction of sp³-hybridized carbons (Fsp3) is 0.417. The summed E-state index contributed by atoms with van der Waals surface area (Å²) in [4.78, 5) is 5.47. The number of aryl methyl sites for hydroxylation is 1. The second kappa shape index (κ2) is 5.27. The van der Waals surface area contributed by atoms with E-state index < -0.39 is 0 Å². The van der Waals surface area contributed by atoms with Gasteiger partial charge in [-0.2, -0.15) is 0 Å². The molecule has 0 spiro atoms. The van der Waals surface area contributed by atoms with E-state index >= 15 is 0 Å². The molecule has 0 saturated heterocycles. The van der Waals surface area contributed by atoms with Crippen LogP contribution in [0.25, 0.3) is 10.6 Å². The van der Waals surface area contributed by atoms with Crippen molar-refractivity contribution in [2.24, 2.45) is 0 Å². The number of rotatable bonds is 5. The second-order valence-electron chi connectivity index (χ2n) is 3.65. The zero-order chi connectivity index (χ0) is 11.4. The van der Waals surface area contributed by atoms with E-state index in [9.17, 15) is 0 Å². The number of nitrogens with one attached hydrogen (secondary N) is 1. The summed E-state index contributed by atoms with van der Waals surface area (Å²) in [5.74, 6) is 1.70. The lowest BCUT2D eigenvalue weighted by Crippen LogP contribution is -2.16. The molecule has 0 saturated carbocycles. The van der Waals surface area contributed by atoms with E-state index in [1.807, 2.05) is 6.20 Å². The monoisotopic (exact) mass is 236 g/mol. The molecule has 0 aliphatic rings. The molecule has 0 aliphatic heterocycles. The van der Waals surface area contributed by atoms with Gasteiger partial charge in [-0.1, -0.05) is 6.92 Å². The molecule has 0 aliphatic carbocycles. The van der Waals surface area contributed by atoms with E-state index in [4.69, 9.17) is 4.42 Å². The summed E-state index contributed by atoms with van der Waals surface area (Å²) < 4.78 is 5.71. The molecule has 2 rings (SSSR count). The number of aromatic nitrogens is 1. The topological polar surface area (TPSA) is 38.1 Å². The van der Waals surface area contributed by atoms with Crippen LogP contribution in [0.15, 0.2) is 22.1 Å². The Kier molecular flexibility index (Phi) is 3.74. The van der Waals surface area contributed by atoms with Gasteiger partial charge in [0.15, 0.2) is 11.7 Å². The minimum atomic E-state index is 0.809. The van der Waals surface area contributed by atoms with Crippen LogP contribution in [-0.2, 0) is 6.42 Å². The van der Waals surface area contributed by atoms with Gasteiger partial charge in [-0.25, -0.2) is 4.98 Å². The van der Waals surface area contributed by atoms with E-state index in [2.05, 4.69) is 35.6 Å². The Hall–Kier alpha value is -1.13. The molecule has 0 bridgehead atoms. The van der Waals surface area contributed by atoms with Gasteiger partial charge >= 0.3 is 0 Å². The highest BCUT2D eigenvalue weighted by Crippen LogP contribution is 2.29. The minimum absolute atomic E-state index is 0.809. The summed E-state index contributed by atoms with van der Waals surface area (Å²) >= 11 is 1.69. The van der Waals surface area contributed by atoms with Crippen molar-refractivity contribution >= 4 is 11.3 Å². The highest BCUT2D eigenvalue weighted by Gasteiger charge is 2.09. The molecule has 86 valence electrons. The van der Waals surface area contributed by atoms with Gasteiger partial charge in [-0.15, -0.1) is 11.3 Å². The van der Waals surface area contributed by atoms with Crippen LogP contribution in [0.3, 0.4) is 0 Å². The zero-order valence-electron chi connectivity index (χ0n) is 9.62. The number of hydrogen-bond donors (Lipinski definition) is 1. The number of likely N-dealkylation sites (N-methyl/N-ethyl adjacent to an activating group) is 1. The summed E-state index contributed by atoms with van der Waals surface area (Å²) in [6.45, 7) is 6.08. The lowest BCUT2D eigenvalue weighted by Gasteiger charge is -1.97. The summed E-state index contributed by atoms with van der Waals surface area (Å²) in [6.07, 6.45) is 2.67. The first-order chi connectivity index (χ1) is 7.81. The Morgan fingerprint density at radius 1 is 1.50 bits per heavy atom. The highest BCUT2D eigenvalue weighted by molar-refractivity contribution is 7.13. The molecule has 0 amide bonds. The van der Waals surface area contributed by atoms with Gasteiger partial charge in [-0.05, 0) is 30.5 Å². The molecule has 1 N–H and O–H groups in total. The molecule has 0 atom stereocenters. The predicted molar refractivity (Wildman–Crippen MR) is 66.8 cm³/mol. The van der Waals surface area contributed by atoms with E-state index in [-0.39, 0.29) is 0 Å². The Morgan fingerprint density at radius 2 is 2.38 bits per heavy atom. The first-order valence-corrected chi connectivity index (χ1v) is 6.39. The Bertz CT molecular complexity index is 447. The second-order valence-corrected chi connectivity index (χ2v) is 4.57. The summed E-state index contributed by atoms with van der Waals surface area (Å²) in [7, 11) is 0. The molecule has 0 radical (unpaired) electrons. The van der Waals surface area contributed by atoms with Crippen molar-refractivity contribution < 1.29 is 4.42 Å². The lowest BCUT2D eigenvalue weighted by molar-refractivity contribution is 0.498. The third-order valence-electron chi connectivity index (χ3n) is 2.41. The molecule has 2 heterocycles. The first kappa shape index (κ1) is 11.4. The van der Waals surface area contributed by atoms with Gasteiger partial charge in [-0.3, -0.25) is 0 Å². The third kappa shape index (κ3) is 2.51. The van der Waals surface area contributed by atoms with Gasteiger partial charge in [0.1, 0.15) is 0 Å². The fourth-order valence-corrected chi connectivity index (χ4v) is 2.40. The predicted octanol–water partition coefficient (Wildman–Crippen LogP) is 2.86. The van der Waals surface area contributed by atoms with Gasteiger partial charge < -0.3 is 9.73 Å². The molecule has 0 unspecified atom stereocenters. The standard InChI is InChI=1S/C12H16N2OS/c1-3-13-6-4-11-14-8-10(15-11)12-9(2)5-7-16-12/h5,7-8,13H,3-4,6H2,1-2H3. The highest BCUT2D eigenvalue weighted by atomic mass is 32.1. The van der Waals surface area contributed by atoms with Crippen LogP contribution in [0.2, 0.25) is 0 Å². The lowest BCUT2D eigenvalue weighted by atomic mass is 10.2. The van der Waals surface area contributed by atoms with E-state index in [0.717, 1.165) is 31.2 Å². The van der Waals surface area contributed by atoms with E-state index in [1.54, 1.807) is 11.3 Å². The van der Waals surface area contributed by atoms with Crippen molar-refractivity contribution in [2.45, 2.75) is 20.3 Å². The van der Waals surface area contributed by atoms with Crippen molar-refractivity contribution in [3.63, 3.8) is 0 Å². The van der Waals surface area contributed by atoms with Gasteiger partial charge in [0.2, 0.25) is 0 Å². The maximum absolute atomic E-state index is 5.71. The minimum Gasteiger partial charge on any atom is -0.440 e. The van der Waals surface area contributed by atoms with Crippen LogP contribution in [0, 0.1) is 6.92 Å². The van der Waals surface area contributed by atoms with E-state index in [0.29, 0.717) is 0 Å². The fourth-order valence-electron chi connectivity index (χ4n) is 1.53. The van der Waals surface area contributed by atoms with Crippen LogP contribution < -0.4 is 5.32 Å². The molecule has 16 heavy (non-hydrogen) atoms. The number of thiophene rings is 1. The van der Waals surface area contributed by atoms with Gasteiger partial charge in [0.05, 0.1) is 11.1 Å². The zero-order valence-corrected chi connectivity index (χ0v) is 10.4. The van der Waals surface area contributed by atoms with Gasteiger partial charge in [0, 0.05) is 13.0 Å². The average molecular weight is 236 g/mol. The molecule has 4 heteroatoms. The normalized spacial score (nSPS) is 10.9. The molecular weight excluding hydrogens is 220 g/mol. The molecular formula is C12H16N2OS. The molecule has 0 fully saturated rings. The van der Waals surface area contributed by atoms with Crippen LogP contribution >= 0.6 is 11.3 Å². The van der Waals surface area contributed by atoms with Crippen molar-refractivity contribution in [1.82, 2.24) is 10.3 Å². The molecule has 3 nitrogen and oxygen atoms in total. The van der Waals surface area contributed by atoms with Crippen molar-refractivity contribution in [3.05, 3.63) is 29.1 Å². The quantitative estimate of drug-likeness (QED) is 0.811. The summed E-state index contributed by atoms with van der Waals surface area (Å²) in [6, 6.07) is 2.10. The number of nitrogens with zero attached hydrogens (tertiary/aromatic N) is 1. The van der Waals surface area contributed by atoms with Crippen molar-refractivity contribution in [2.75, 3.05) is 13.1 Å². The average Bonchev–Trinajstić information content (AvgIpc) is 2.87. The largest absolute Gasteiger partial charge is 0.440 e. The molecule has 2 aromatic heterocycles.